The summed E-state index contributed by atoms with van der Waals surface area (Å²) in [6.07, 6.45) is 10.8. The summed E-state index contributed by atoms with van der Waals surface area (Å²) in [7, 11) is 0. The lowest BCUT2D eigenvalue weighted by Gasteiger charge is -2.02. The van der Waals surface area contributed by atoms with E-state index in [1.54, 1.807) is 6.92 Å². The number of hydrogen-bond donors (Lipinski definition) is 0. The lowest BCUT2D eigenvalue weighted by Crippen LogP contribution is -2.06. The van der Waals surface area contributed by atoms with Crippen LogP contribution in [0.3, 0.4) is 0 Å². The zero-order valence-corrected chi connectivity index (χ0v) is 13.9. The second kappa shape index (κ2) is 14.0. The molecule has 3 nitrogen and oxygen atoms in total. The van der Waals surface area contributed by atoms with E-state index in [9.17, 15) is 14.4 Å². The van der Waals surface area contributed by atoms with Gasteiger partial charge in [0.05, 0.1) is 0 Å². The summed E-state index contributed by atoms with van der Waals surface area (Å²) < 4.78 is 0. The van der Waals surface area contributed by atoms with Crippen molar-refractivity contribution in [2.24, 2.45) is 0 Å². The van der Waals surface area contributed by atoms with Crippen molar-refractivity contribution in [2.75, 3.05) is 0 Å². The van der Waals surface area contributed by atoms with Gasteiger partial charge in [-0.25, -0.2) is 0 Å². The van der Waals surface area contributed by atoms with E-state index in [-0.39, 0.29) is 17.3 Å². The van der Waals surface area contributed by atoms with Gasteiger partial charge >= 0.3 is 0 Å². The molecule has 122 valence electrons. The number of ketones is 3. The van der Waals surface area contributed by atoms with Gasteiger partial charge in [0.1, 0.15) is 17.3 Å². The molecule has 0 aliphatic heterocycles. The van der Waals surface area contributed by atoms with Gasteiger partial charge in [-0.1, -0.05) is 52.4 Å². The number of carbonyl (C=O) groups excluding carboxylic acids is 3. The molecule has 0 aromatic carbocycles. The summed E-state index contributed by atoms with van der Waals surface area (Å²) in [5.41, 5.74) is 0. The minimum absolute atomic E-state index is 0.0460. The van der Waals surface area contributed by atoms with Crippen LogP contribution in [0, 0.1) is 0 Å². The Labute approximate surface area is 129 Å². The molecule has 0 heterocycles. The zero-order chi connectivity index (χ0) is 15.9. The topological polar surface area (TPSA) is 51.2 Å². The van der Waals surface area contributed by atoms with E-state index in [0.29, 0.717) is 38.5 Å². The van der Waals surface area contributed by atoms with Crippen LogP contribution in [0.25, 0.3) is 0 Å². The highest BCUT2D eigenvalue weighted by Gasteiger charge is 2.09. The molecule has 0 N–H and O–H groups in total. The van der Waals surface area contributed by atoms with Crippen LogP contribution < -0.4 is 0 Å². The van der Waals surface area contributed by atoms with E-state index in [2.05, 4.69) is 6.92 Å². The van der Waals surface area contributed by atoms with Crippen LogP contribution in [0.2, 0.25) is 0 Å². The van der Waals surface area contributed by atoms with Gasteiger partial charge in [-0.2, -0.15) is 0 Å². The molecule has 21 heavy (non-hydrogen) atoms. The van der Waals surface area contributed by atoms with Gasteiger partial charge in [0.25, 0.3) is 0 Å². The first-order chi connectivity index (χ1) is 10.1. The van der Waals surface area contributed by atoms with Crippen LogP contribution in [-0.2, 0) is 14.4 Å². The Morgan fingerprint density at radius 2 is 0.952 bits per heavy atom. The second-order valence-corrected chi connectivity index (χ2v) is 5.84. The predicted octanol–water partition coefficient (Wildman–Crippen LogP) is 4.80. The maximum absolute atomic E-state index is 11.7. The first-order valence-electron chi connectivity index (χ1n) is 8.65. The summed E-state index contributed by atoms with van der Waals surface area (Å²) in [6, 6.07) is 0. The largest absolute Gasteiger partial charge is 0.300 e. The van der Waals surface area contributed by atoms with E-state index in [4.69, 9.17) is 0 Å². The van der Waals surface area contributed by atoms with Gasteiger partial charge in [-0.15, -0.1) is 0 Å². The standard InChI is InChI=1S/C18H32O3/c1-3-5-6-7-8-9-10-11-17(20)14-15-18(21)13-12-16(19)4-2/h3-15H2,1-2H3. The molecule has 0 rings (SSSR count). The highest BCUT2D eigenvalue weighted by molar-refractivity contribution is 5.88. The van der Waals surface area contributed by atoms with Crippen molar-refractivity contribution >= 4 is 17.3 Å². The van der Waals surface area contributed by atoms with Crippen LogP contribution in [0.15, 0.2) is 0 Å². The van der Waals surface area contributed by atoms with Gasteiger partial charge in [-0.05, 0) is 6.42 Å². The molecule has 0 unspecified atom stereocenters. The van der Waals surface area contributed by atoms with Crippen molar-refractivity contribution in [2.45, 2.75) is 97.3 Å². The maximum Gasteiger partial charge on any atom is 0.133 e. The van der Waals surface area contributed by atoms with Gasteiger partial charge in [0, 0.05) is 38.5 Å². The van der Waals surface area contributed by atoms with E-state index in [1.165, 1.54) is 32.1 Å². The average Bonchev–Trinajstić information content (AvgIpc) is 2.49. The summed E-state index contributed by atoms with van der Waals surface area (Å²) in [5.74, 6) is 0.362. The SMILES string of the molecule is CCCCCCCCCC(=O)CCC(=O)CCC(=O)CC. The molecule has 3 heteroatoms. The van der Waals surface area contributed by atoms with E-state index < -0.39 is 0 Å². The molecule has 0 amide bonds. The number of hydrogen-bond acceptors (Lipinski definition) is 3. The van der Waals surface area contributed by atoms with Gasteiger partial charge in [0.15, 0.2) is 0 Å². The fourth-order valence-corrected chi connectivity index (χ4v) is 2.26. The van der Waals surface area contributed by atoms with Crippen LogP contribution >= 0.6 is 0 Å². The zero-order valence-electron chi connectivity index (χ0n) is 13.9. The lowest BCUT2D eigenvalue weighted by molar-refractivity contribution is -0.126. The van der Waals surface area contributed by atoms with E-state index >= 15 is 0 Å². The van der Waals surface area contributed by atoms with Crippen LogP contribution in [-0.4, -0.2) is 17.3 Å². The Morgan fingerprint density at radius 3 is 1.48 bits per heavy atom. The molecule has 0 radical (unpaired) electrons. The highest BCUT2D eigenvalue weighted by Crippen LogP contribution is 2.10. The number of unbranched alkanes of at least 4 members (excludes halogenated alkanes) is 6. The Kier molecular flexibility index (Phi) is 13.3. The summed E-state index contributed by atoms with van der Waals surface area (Å²) in [4.78, 5) is 34.3. The quantitative estimate of drug-likeness (QED) is 0.408. The average molecular weight is 296 g/mol. The molecule has 0 atom stereocenters. The van der Waals surface area contributed by atoms with Crippen LogP contribution in [0.4, 0.5) is 0 Å². The Hall–Kier alpha value is -0.990. The first kappa shape index (κ1) is 20.0. The molecule has 0 spiro atoms. The highest BCUT2D eigenvalue weighted by atomic mass is 16.1. The Bertz CT molecular complexity index is 308. The fraction of sp³-hybridized carbons (Fsp3) is 0.833. The molecule has 0 aromatic rings. The molecule has 0 aliphatic rings. The van der Waals surface area contributed by atoms with Gasteiger partial charge < -0.3 is 0 Å². The molecule has 0 aromatic heterocycles. The van der Waals surface area contributed by atoms with Crippen molar-refractivity contribution in [3.8, 4) is 0 Å². The summed E-state index contributed by atoms with van der Waals surface area (Å²) in [5, 5.41) is 0. The number of Topliss-reactive ketones (excluding diaryl/α,β-unsaturated/α-hetero) is 3. The molecular weight excluding hydrogens is 264 g/mol. The smallest absolute Gasteiger partial charge is 0.133 e. The lowest BCUT2D eigenvalue weighted by atomic mass is 10.0. The first-order valence-corrected chi connectivity index (χ1v) is 8.65. The Morgan fingerprint density at radius 1 is 0.524 bits per heavy atom. The third-order valence-electron chi connectivity index (χ3n) is 3.82. The fourth-order valence-electron chi connectivity index (χ4n) is 2.26. The van der Waals surface area contributed by atoms with Crippen molar-refractivity contribution in [1.82, 2.24) is 0 Å². The Balaban J connectivity index is 3.45. The van der Waals surface area contributed by atoms with Crippen molar-refractivity contribution in [3.05, 3.63) is 0 Å². The van der Waals surface area contributed by atoms with Crippen molar-refractivity contribution < 1.29 is 14.4 Å². The minimum atomic E-state index is 0.0460. The molecule has 0 fully saturated rings. The van der Waals surface area contributed by atoms with Crippen molar-refractivity contribution in [1.29, 1.82) is 0 Å². The third-order valence-corrected chi connectivity index (χ3v) is 3.82. The maximum atomic E-state index is 11.7. The second-order valence-electron chi connectivity index (χ2n) is 5.84. The third kappa shape index (κ3) is 13.7. The molecule has 0 aliphatic carbocycles. The summed E-state index contributed by atoms with van der Waals surface area (Å²) in [6.45, 7) is 4.01. The number of carbonyl (C=O) groups is 3. The van der Waals surface area contributed by atoms with Crippen LogP contribution in [0.5, 0.6) is 0 Å². The van der Waals surface area contributed by atoms with Gasteiger partial charge in [0.2, 0.25) is 0 Å². The summed E-state index contributed by atoms with van der Waals surface area (Å²) >= 11 is 0. The van der Waals surface area contributed by atoms with Crippen molar-refractivity contribution in [3.63, 3.8) is 0 Å². The normalized spacial score (nSPS) is 10.6. The molecule has 0 saturated heterocycles. The van der Waals surface area contributed by atoms with E-state index in [0.717, 1.165) is 12.8 Å². The molecule has 0 saturated carbocycles. The minimum Gasteiger partial charge on any atom is -0.300 e. The van der Waals surface area contributed by atoms with Gasteiger partial charge in [-0.3, -0.25) is 14.4 Å². The predicted molar refractivity (Wildman–Crippen MR) is 86.4 cm³/mol. The van der Waals surface area contributed by atoms with E-state index in [1.807, 2.05) is 0 Å². The monoisotopic (exact) mass is 296 g/mol. The van der Waals surface area contributed by atoms with Crippen LogP contribution in [0.1, 0.15) is 97.3 Å². The number of rotatable bonds is 15. The molecular formula is C18H32O3. The molecule has 0 bridgehead atoms.